The van der Waals surface area contributed by atoms with Gasteiger partial charge in [-0.15, -0.1) is 0 Å². The minimum Gasteiger partial charge on any atom is -0.450 e. The summed E-state index contributed by atoms with van der Waals surface area (Å²) in [5.41, 5.74) is 0.367. The molecule has 2 fully saturated rings. The van der Waals surface area contributed by atoms with Crippen LogP contribution in [0, 0.1) is 17.7 Å². The zero-order valence-electron chi connectivity index (χ0n) is 22.8. The first-order valence-corrected chi connectivity index (χ1v) is 14.5. The number of carbonyl (C=O) groups excluding carboxylic acids is 2. The number of halogens is 2. The van der Waals surface area contributed by atoms with E-state index < -0.39 is 18.0 Å². The molecule has 1 aliphatic heterocycles. The van der Waals surface area contributed by atoms with Gasteiger partial charge in [0, 0.05) is 43.7 Å². The number of piperidine rings is 1. The van der Waals surface area contributed by atoms with E-state index >= 15 is 4.39 Å². The predicted octanol–water partition coefficient (Wildman–Crippen LogP) is 5.26. The molecule has 214 valence electrons. The molecule has 0 bridgehead atoms. The molecule has 0 radical (unpaired) electrons. The molecular weight excluding hydrogens is 511 g/mol. The Balaban J connectivity index is 1.65. The Morgan fingerprint density at radius 1 is 1.18 bits per heavy atom. The number of hydrogen-bond acceptors (Lipinski definition) is 5. The first-order valence-electron chi connectivity index (χ1n) is 14.1. The fourth-order valence-electron chi connectivity index (χ4n) is 5.71. The summed E-state index contributed by atoms with van der Waals surface area (Å²) < 4.78 is 26.1. The minimum absolute atomic E-state index is 0.0313. The van der Waals surface area contributed by atoms with E-state index in [0.29, 0.717) is 24.6 Å². The monoisotopic (exact) mass is 554 g/mol. The van der Waals surface area contributed by atoms with Gasteiger partial charge in [0.25, 0.3) is 0 Å². The fraction of sp³-hybridized carbons (Fsp3) is 0.714. The van der Waals surface area contributed by atoms with Gasteiger partial charge >= 0.3 is 12.1 Å². The second-order valence-electron chi connectivity index (χ2n) is 10.4. The molecule has 10 heteroatoms. The topological polar surface area (TPSA) is 91.9 Å². The number of urea groups is 1. The van der Waals surface area contributed by atoms with Crippen LogP contribution in [0.15, 0.2) is 18.2 Å². The highest BCUT2D eigenvalue weighted by Gasteiger charge is 2.33. The van der Waals surface area contributed by atoms with Crippen LogP contribution in [0.4, 0.5) is 14.0 Å². The van der Waals surface area contributed by atoms with Crippen LogP contribution in [-0.4, -0.2) is 69.5 Å². The first kappa shape index (κ1) is 30.4. The number of rotatable bonds is 12. The summed E-state index contributed by atoms with van der Waals surface area (Å²) in [5.74, 6) is 0.0233. The Kier molecular flexibility index (Phi) is 12.9. The van der Waals surface area contributed by atoms with Crippen molar-refractivity contribution in [1.82, 2.24) is 20.9 Å². The number of amides is 3. The summed E-state index contributed by atoms with van der Waals surface area (Å²) in [4.78, 5) is 26.8. The Hall–Kier alpha value is -2.10. The molecule has 3 atom stereocenters. The smallest absolute Gasteiger partial charge is 0.407 e. The maximum atomic E-state index is 15.1. The van der Waals surface area contributed by atoms with Crippen molar-refractivity contribution in [2.24, 2.45) is 11.8 Å². The molecule has 38 heavy (non-hydrogen) atoms. The van der Waals surface area contributed by atoms with Gasteiger partial charge in [-0.05, 0) is 45.2 Å². The number of hydrogen-bond donors (Lipinski definition) is 3. The second-order valence-corrected chi connectivity index (χ2v) is 10.8. The Labute approximate surface area is 231 Å². The van der Waals surface area contributed by atoms with Crippen molar-refractivity contribution in [1.29, 1.82) is 0 Å². The van der Waals surface area contributed by atoms with Crippen LogP contribution in [0.1, 0.15) is 70.0 Å². The first-order chi connectivity index (χ1) is 18.4. The van der Waals surface area contributed by atoms with Crippen molar-refractivity contribution in [2.75, 3.05) is 46.4 Å². The Morgan fingerprint density at radius 2 is 1.97 bits per heavy atom. The van der Waals surface area contributed by atoms with Crippen molar-refractivity contribution in [2.45, 2.75) is 70.4 Å². The van der Waals surface area contributed by atoms with E-state index in [0.717, 1.165) is 25.8 Å². The number of likely N-dealkylation sites (N-methyl/N-ethyl adjacent to an activating group) is 1. The number of nitrogens with zero attached hydrogens (tertiary/aromatic N) is 1. The van der Waals surface area contributed by atoms with Crippen LogP contribution in [0.5, 0.6) is 0 Å². The van der Waals surface area contributed by atoms with Crippen LogP contribution < -0.4 is 16.0 Å². The highest BCUT2D eigenvalue weighted by Crippen LogP contribution is 2.36. The molecule has 3 rings (SSSR count). The van der Waals surface area contributed by atoms with Gasteiger partial charge in [-0.25, -0.2) is 14.0 Å². The predicted molar refractivity (Wildman–Crippen MR) is 147 cm³/mol. The van der Waals surface area contributed by atoms with Gasteiger partial charge < -0.3 is 30.3 Å². The zero-order valence-corrected chi connectivity index (χ0v) is 23.5. The third-order valence-electron chi connectivity index (χ3n) is 7.53. The lowest BCUT2D eigenvalue weighted by Gasteiger charge is -2.38. The standard InChI is InChI=1S/C28H44ClFN4O4/c1-3-37-28(36)32-14-16-38-26(23-12-7-13-24(29)25(23)30)21-11-8-15-34(19-21)27(35)33-22(18-31-2)17-20-9-5-4-6-10-20/h7,12-13,20-22,26,31H,3-6,8-11,14-19H2,1-2H3,(H,32,36)(H,33,35)/t21-,22+,26-/m1/s1. The fourth-order valence-corrected chi connectivity index (χ4v) is 5.90. The molecule has 1 saturated heterocycles. The lowest BCUT2D eigenvalue weighted by atomic mass is 9.85. The summed E-state index contributed by atoms with van der Waals surface area (Å²) in [7, 11) is 1.91. The van der Waals surface area contributed by atoms with Crippen molar-refractivity contribution in [3.63, 3.8) is 0 Å². The minimum atomic E-state index is -0.608. The summed E-state index contributed by atoms with van der Waals surface area (Å²) in [5, 5.41) is 9.14. The van der Waals surface area contributed by atoms with E-state index in [4.69, 9.17) is 21.1 Å². The summed E-state index contributed by atoms with van der Waals surface area (Å²) in [6, 6.07) is 4.88. The van der Waals surface area contributed by atoms with Gasteiger partial charge in [-0.1, -0.05) is 55.8 Å². The maximum Gasteiger partial charge on any atom is 0.407 e. The lowest BCUT2D eigenvalue weighted by molar-refractivity contribution is -0.0107. The van der Waals surface area contributed by atoms with Crippen LogP contribution in [0.25, 0.3) is 0 Å². The van der Waals surface area contributed by atoms with Crippen LogP contribution in [0.2, 0.25) is 5.02 Å². The van der Waals surface area contributed by atoms with E-state index in [1.165, 1.54) is 38.2 Å². The van der Waals surface area contributed by atoms with Gasteiger partial charge in [-0.2, -0.15) is 0 Å². The summed E-state index contributed by atoms with van der Waals surface area (Å²) >= 11 is 6.10. The van der Waals surface area contributed by atoms with Gasteiger partial charge in [0.15, 0.2) is 0 Å². The molecule has 0 unspecified atom stereocenters. The summed E-state index contributed by atoms with van der Waals surface area (Å²) in [6.07, 6.45) is 7.75. The van der Waals surface area contributed by atoms with E-state index in [1.807, 2.05) is 11.9 Å². The van der Waals surface area contributed by atoms with Gasteiger partial charge in [-0.3, -0.25) is 0 Å². The third kappa shape index (κ3) is 9.27. The quantitative estimate of drug-likeness (QED) is 0.306. The molecule has 0 aromatic heterocycles. The van der Waals surface area contributed by atoms with Crippen molar-refractivity contribution in [3.8, 4) is 0 Å². The zero-order chi connectivity index (χ0) is 27.3. The molecule has 3 amide bonds. The largest absolute Gasteiger partial charge is 0.450 e. The molecule has 1 aromatic rings. The van der Waals surface area contributed by atoms with E-state index in [2.05, 4.69) is 16.0 Å². The lowest BCUT2D eigenvalue weighted by Crippen LogP contribution is -2.52. The molecule has 2 aliphatic rings. The molecular formula is C28H44ClFN4O4. The number of likely N-dealkylation sites (tertiary alicyclic amines) is 1. The second kappa shape index (κ2) is 16.1. The highest BCUT2D eigenvalue weighted by molar-refractivity contribution is 6.30. The maximum absolute atomic E-state index is 15.1. The number of carbonyl (C=O) groups is 2. The molecule has 8 nitrogen and oxygen atoms in total. The van der Waals surface area contributed by atoms with E-state index in [-0.39, 0.29) is 42.8 Å². The van der Waals surface area contributed by atoms with Crippen LogP contribution in [0.3, 0.4) is 0 Å². The van der Waals surface area contributed by atoms with E-state index in [1.54, 1.807) is 19.1 Å². The third-order valence-corrected chi connectivity index (χ3v) is 7.82. The normalized spacial score (nSPS) is 20.0. The SMILES string of the molecule is CCOC(=O)NCCO[C@@H](c1cccc(Cl)c1F)[C@@H]1CCCN(C(=O)N[C@H](CNC)CC2CCCCC2)C1. The van der Waals surface area contributed by atoms with Gasteiger partial charge in [0.1, 0.15) is 5.82 Å². The van der Waals surface area contributed by atoms with Crippen molar-refractivity contribution in [3.05, 3.63) is 34.6 Å². The Morgan fingerprint density at radius 3 is 2.71 bits per heavy atom. The molecule has 1 aromatic carbocycles. The van der Waals surface area contributed by atoms with Crippen molar-refractivity contribution >= 4 is 23.7 Å². The van der Waals surface area contributed by atoms with Crippen LogP contribution in [-0.2, 0) is 9.47 Å². The van der Waals surface area contributed by atoms with Gasteiger partial charge in [0.2, 0.25) is 0 Å². The summed E-state index contributed by atoms with van der Waals surface area (Å²) in [6.45, 7) is 4.23. The molecule has 1 heterocycles. The van der Waals surface area contributed by atoms with Crippen molar-refractivity contribution < 1.29 is 23.5 Å². The Bertz CT molecular complexity index is 886. The van der Waals surface area contributed by atoms with Gasteiger partial charge in [0.05, 0.1) is 24.3 Å². The number of benzene rings is 1. The molecule has 1 aliphatic carbocycles. The highest BCUT2D eigenvalue weighted by atomic mass is 35.5. The molecule has 0 spiro atoms. The number of nitrogens with one attached hydrogen (secondary N) is 3. The number of ether oxygens (including phenoxy) is 2. The molecule has 1 saturated carbocycles. The van der Waals surface area contributed by atoms with Crippen LogP contribution >= 0.6 is 11.6 Å². The molecule has 3 N–H and O–H groups in total. The average molecular weight is 555 g/mol. The van der Waals surface area contributed by atoms with E-state index in [9.17, 15) is 9.59 Å². The number of alkyl carbamates (subject to hydrolysis) is 1. The average Bonchev–Trinajstić information content (AvgIpc) is 2.91.